The second-order valence-electron chi connectivity index (χ2n) is 4.85. The first kappa shape index (κ1) is 16.0. The van der Waals surface area contributed by atoms with E-state index in [4.69, 9.17) is 11.6 Å². The number of imidazole rings is 1. The standard InChI is InChI=1S/C14H18BrClN2OS/c1-10(20(2)19)6-8-18-13-9-11(15)3-4-12(13)17-14(18)5-7-16/h3-4,9-10H,5-8H2,1-2H3. The van der Waals surface area contributed by atoms with Gasteiger partial charge < -0.3 is 4.57 Å². The number of rotatable bonds is 6. The highest BCUT2D eigenvalue weighted by Crippen LogP contribution is 2.22. The molecule has 0 aliphatic rings. The van der Waals surface area contributed by atoms with Gasteiger partial charge in [-0.25, -0.2) is 4.98 Å². The fourth-order valence-corrected chi connectivity index (χ4v) is 3.10. The molecular formula is C14H18BrClN2OS. The Kier molecular flexibility index (Phi) is 5.64. The molecule has 0 saturated heterocycles. The maximum Gasteiger partial charge on any atom is 0.111 e. The summed E-state index contributed by atoms with van der Waals surface area (Å²) < 4.78 is 14.7. The molecule has 2 rings (SSSR count). The molecular weight excluding hydrogens is 360 g/mol. The third-order valence-electron chi connectivity index (χ3n) is 3.43. The van der Waals surface area contributed by atoms with Crippen LogP contribution >= 0.6 is 27.5 Å². The molecule has 0 spiro atoms. The number of aromatic nitrogens is 2. The van der Waals surface area contributed by atoms with E-state index in [1.807, 2.05) is 19.1 Å². The van der Waals surface area contributed by atoms with E-state index in [-0.39, 0.29) is 5.25 Å². The smallest absolute Gasteiger partial charge is 0.111 e. The van der Waals surface area contributed by atoms with Crippen LogP contribution in [-0.2, 0) is 23.8 Å². The van der Waals surface area contributed by atoms with Gasteiger partial charge in [0.2, 0.25) is 0 Å². The molecule has 20 heavy (non-hydrogen) atoms. The minimum atomic E-state index is -0.789. The molecule has 1 aromatic carbocycles. The number of benzene rings is 1. The van der Waals surface area contributed by atoms with Gasteiger partial charge >= 0.3 is 0 Å². The first-order valence-electron chi connectivity index (χ1n) is 6.55. The van der Waals surface area contributed by atoms with Crippen LogP contribution in [0.2, 0.25) is 0 Å². The molecule has 0 radical (unpaired) electrons. The van der Waals surface area contributed by atoms with Gasteiger partial charge in [-0.2, -0.15) is 0 Å². The lowest BCUT2D eigenvalue weighted by atomic mass is 10.3. The van der Waals surface area contributed by atoms with Gasteiger partial charge in [-0.1, -0.05) is 22.9 Å². The summed E-state index contributed by atoms with van der Waals surface area (Å²) in [7, 11) is -0.789. The van der Waals surface area contributed by atoms with Gasteiger partial charge in [0.1, 0.15) is 5.82 Å². The molecule has 0 N–H and O–H groups in total. The number of fused-ring (bicyclic) bond motifs is 1. The van der Waals surface area contributed by atoms with E-state index in [0.717, 1.165) is 40.7 Å². The number of alkyl halides is 1. The minimum Gasteiger partial charge on any atom is -0.328 e. The molecule has 3 nitrogen and oxygen atoms in total. The number of halogens is 2. The maximum atomic E-state index is 11.5. The SMILES string of the molecule is CC(CCn1c(CCCl)nc2ccc(Br)cc21)S(C)=O. The lowest BCUT2D eigenvalue weighted by Gasteiger charge is -2.12. The first-order chi connectivity index (χ1) is 9.52. The summed E-state index contributed by atoms with van der Waals surface area (Å²) in [6.07, 6.45) is 3.38. The molecule has 6 heteroatoms. The van der Waals surface area contributed by atoms with Crippen molar-refractivity contribution >= 4 is 49.4 Å². The molecule has 0 aliphatic carbocycles. The molecule has 110 valence electrons. The van der Waals surface area contributed by atoms with Gasteiger partial charge in [0, 0.05) is 45.6 Å². The van der Waals surface area contributed by atoms with Crippen LogP contribution in [0.4, 0.5) is 0 Å². The Hall–Kier alpha value is -0.390. The second kappa shape index (κ2) is 7.05. The Morgan fingerprint density at radius 1 is 1.50 bits per heavy atom. The Balaban J connectivity index is 2.34. The topological polar surface area (TPSA) is 34.9 Å². The Morgan fingerprint density at radius 2 is 2.25 bits per heavy atom. The fraction of sp³-hybridized carbons (Fsp3) is 0.500. The van der Waals surface area contributed by atoms with Crippen molar-refractivity contribution in [3.8, 4) is 0 Å². The summed E-state index contributed by atoms with van der Waals surface area (Å²) in [5.74, 6) is 1.56. The fourth-order valence-electron chi connectivity index (χ4n) is 2.15. The van der Waals surface area contributed by atoms with Crippen molar-refractivity contribution < 1.29 is 4.21 Å². The van der Waals surface area contributed by atoms with Crippen LogP contribution in [0, 0.1) is 0 Å². The Morgan fingerprint density at radius 3 is 2.90 bits per heavy atom. The number of aryl methyl sites for hydroxylation is 2. The molecule has 0 bridgehead atoms. The lowest BCUT2D eigenvalue weighted by molar-refractivity contribution is 0.611. The van der Waals surface area contributed by atoms with Gasteiger partial charge in [0.25, 0.3) is 0 Å². The molecule has 0 saturated carbocycles. The zero-order chi connectivity index (χ0) is 14.7. The summed E-state index contributed by atoms with van der Waals surface area (Å²) >= 11 is 9.37. The van der Waals surface area contributed by atoms with E-state index < -0.39 is 10.8 Å². The predicted molar refractivity (Wildman–Crippen MR) is 90.0 cm³/mol. The largest absolute Gasteiger partial charge is 0.328 e. The predicted octanol–water partition coefficient (Wildman–Crippen LogP) is 3.74. The Bertz CT molecular complexity index is 629. The van der Waals surface area contributed by atoms with Crippen molar-refractivity contribution in [1.82, 2.24) is 9.55 Å². The first-order valence-corrected chi connectivity index (χ1v) is 9.50. The Labute approximate surface area is 135 Å². The number of hydrogen-bond donors (Lipinski definition) is 0. The van der Waals surface area contributed by atoms with Gasteiger partial charge in [0.05, 0.1) is 11.0 Å². The van der Waals surface area contributed by atoms with Crippen molar-refractivity contribution in [1.29, 1.82) is 0 Å². The molecule has 2 unspecified atom stereocenters. The van der Waals surface area contributed by atoms with Crippen LogP contribution < -0.4 is 0 Å². The van der Waals surface area contributed by atoms with Crippen LogP contribution in [0.5, 0.6) is 0 Å². The summed E-state index contributed by atoms with van der Waals surface area (Å²) in [4.78, 5) is 4.65. The summed E-state index contributed by atoms with van der Waals surface area (Å²) in [6.45, 7) is 2.84. The highest BCUT2D eigenvalue weighted by molar-refractivity contribution is 9.10. The van der Waals surface area contributed by atoms with Crippen molar-refractivity contribution in [3.05, 3.63) is 28.5 Å². The lowest BCUT2D eigenvalue weighted by Crippen LogP contribution is -2.14. The van der Waals surface area contributed by atoms with Crippen LogP contribution in [0.1, 0.15) is 19.2 Å². The van der Waals surface area contributed by atoms with Gasteiger partial charge in [0.15, 0.2) is 0 Å². The molecule has 0 aliphatic heterocycles. The zero-order valence-electron chi connectivity index (χ0n) is 11.6. The van der Waals surface area contributed by atoms with Crippen molar-refractivity contribution in [2.45, 2.75) is 31.6 Å². The highest BCUT2D eigenvalue weighted by Gasteiger charge is 2.13. The minimum absolute atomic E-state index is 0.184. The third kappa shape index (κ3) is 3.62. The molecule has 0 fully saturated rings. The van der Waals surface area contributed by atoms with E-state index in [2.05, 4.69) is 31.5 Å². The van der Waals surface area contributed by atoms with Crippen molar-refractivity contribution in [3.63, 3.8) is 0 Å². The third-order valence-corrected chi connectivity index (χ3v) is 5.48. The summed E-state index contributed by atoms with van der Waals surface area (Å²) in [6, 6.07) is 6.08. The molecule has 1 heterocycles. The van der Waals surface area contributed by atoms with Crippen molar-refractivity contribution in [2.24, 2.45) is 0 Å². The van der Waals surface area contributed by atoms with E-state index in [0.29, 0.717) is 5.88 Å². The average molecular weight is 378 g/mol. The van der Waals surface area contributed by atoms with E-state index >= 15 is 0 Å². The van der Waals surface area contributed by atoms with Gasteiger partial charge in [-0.05, 0) is 24.6 Å². The van der Waals surface area contributed by atoms with Crippen LogP contribution in [0.3, 0.4) is 0 Å². The van der Waals surface area contributed by atoms with Crippen LogP contribution in [0.15, 0.2) is 22.7 Å². The van der Waals surface area contributed by atoms with Crippen LogP contribution in [0.25, 0.3) is 11.0 Å². The quantitative estimate of drug-likeness (QED) is 0.719. The van der Waals surface area contributed by atoms with E-state index in [9.17, 15) is 4.21 Å². The number of hydrogen-bond acceptors (Lipinski definition) is 2. The molecule has 2 aromatic rings. The van der Waals surface area contributed by atoms with Gasteiger partial charge in [-0.3, -0.25) is 4.21 Å². The summed E-state index contributed by atoms with van der Waals surface area (Å²) in [5.41, 5.74) is 2.09. The van der Waals surface area contributed by atoms with Gasteiger partial charge in [-0.15, -0.1) is 11.6 Å². The molecule has 0 amide bonds. The van der Waals surface area contributed by atoms with E-state index in [1.165, 1.54) is 0 Å². The second-order valence-corrected chi connectivity index (χ2v) is 7.95. The zero-order valence-corrected chi connectivity index (χ0v) is 14.8. The maximum absolute atomic E-state index is 11.5. The summed E-state index contributed by atoms with van der Waals surface area (Å²) in [5, 5.41) is 0.184. The number of nitrogens with zero attached hydrogens (tertiary/aromatic N) is 2. The molecule has 1 aromatic heterocycles. The monoisotopic (exact) mass is 376 g/mol. The molecule has 2 atom stereocenters. The normalized spacial score (nSPS) is 14.6. The van der Waals surface area contributed by atoms with E-state index in [1.54, 1.807) is 6.26 Å². The van der Waals surface area contributed by atoms with Crippen LogP contribution in [-0.4, -0.2) is 31.1 Å². The van der Waals surface area contributed by atoms with Crippen molar-refractivity contribution in [2.75, 3.05) is 12.1 Å². The highest BCUT2D eigenvalue weighted by atomic mass is 79.9. The average Bonchev–Trinajstić information content (AvgIpc) is 2.73.